The zero-order chi connectivity index (χ0) is 26.0. The second-order valence-corrected chi connectivity index (χ2v) is 9.20. The first-order valence-corrected chi connectivity index (χ1v) is 13.3. The van der Waals surface area contributed by atoms with E-state index >= 15 is 0 Å². The van der Waals surface area contributed by atoms with Crippen LogP contribution in [0, 0.1) is 0 Å². The van der Waals surface area contributed by atoms with Crippen molar-refractivity contribution in [3.8, 4) is 0 Å². The number of aliphatic hydroxyl groups excluding tert-OH is 1. The second kappa shape index (κ2) is 13.7. The van der Waals surface area contributed by atoms with E-state index in [1.165, 1.54) is 55.9 Å². The maximum absolute atomic E-state index is 11.8. The Bertz CT molecular complexity index is 920. The van der Waals surface area contributed by atoms with Crippen molar-refractivity contribution in [3.05, 3.63) is 53.3 Å². The van der Waals surface area contributed by atoms with Gasteiger partial charge in [0, 0.05) is 19.5 Å². The molecule has 0 radical (unpaired) electrons. The van der Waals surface area contributed by atoms with Crippen molar-refractivity contribution in [2.75, 3.05) is 45.3 Å². The van der Waals surface area contributed by atoms with Crippen molar-refractivity contribution in [3.63, 3.8) is 0 Å². The first-order chi connectivity index (χ1) is 17.7. The number of aliphatic hydroxyl groups is 1. The molecule has 0 unspecified atom stereocenters. The number of carbonyl (C=O) groups excluding carboxylic acids is 1. The van der Waals surface area contributed by atoms with E-state index in [0.717, 1.165) is 33.2 Å². The first kappa shape index (κ1) is 28.0. The molecule has 0 spiro atoms. The Kier molecular flexibility index (Phi) is 10.6. The lowest BCUT2D eigenvalue weighted by atomic mass is 9.71. The number of rotatable bonds is 7. The predicted octanol–water partition coefficient (Wildman–Crippen LogP) is 4.36. The van der Waals surface area contributed by atoms with Crippen molar-refractivity contribution in [2.45, 2.75) is 70.4 Å². The van der Waals surface area contributed by atoms with E-state index in [4.69, 9.17) is 14.6 Å². The monoisotopic (exact) mass is 498 g/mol. The zero-order valence-corrected chi connectivity index (χ0v) is 22.2. The van der Waals surface area contributed by atoms with Crippen LogP contribution in [0.2, 0.25) is 0 Å². The number of esters is 1. The summed E-state index contributed by atoms with van der Waals surface area (Å²) in [5, 5.41) is 10.5. The summed E-state index contributed by atoms with van der Waals surface area (Å²) in [7, 11) is 1.00. The summed E-state index contributed by atoms with van der Waals surface area (Å²) < 4.78 is 10.4. The minimum absolute atomic E-state index is 0.127. The molecule has 5 rings (SSSR count). The zero-order valence-electron chi connectivity index (χ0n) is 22.2. The molecule has 0 atom stereocenters. The highest BCUT2D eigenvalue weighted by molar-refractivity contribution is 5.88. The van der Waals surface area contributed by atoms with Gasteiger partial charge in [0.05, 0.1) is 37.0 Å². The van der Waals surface area contributed by atoms with Crippen LogP contribution in [0.3, 0.4) is 0 Å². The minimum Gasteiger partial charge on any atom is -0.462 e. The van der Waals surface area contributed by atoms with Crippen LogP contribution in [-0.2, 0) is 15.0 Å². The van der Waals surface area contributed by atoms with Gasteiger partial charge in [-0.05, 0) is 69.2 Å². The quantitative estimate of drug-likeness (QED) is 0.544. The van der Waals surface area contributed by atoms with Crippen molar-refractivity contribution >= 4 is 11.9 Å². The molecule has 1 saturated carbocycles. The number of likely N-dealkylation sites (tertiary alicyclic amines) is 1. The van der Waals surface area contributed by atoms with E-state index in [0.29, 0.717) is 30.1 Å². The summed E-state index contributed by atoms with van der Waals surface area (Å²) >= 11 is 0. The number of nitrogens with zero attached hydrogens (tertiary/aromatic N) is 3. The third kappa shape index (κ3) is 6.41. The Morgan fingerprint density at radius 2 is 1.72 bits per heavy atom. The van der Waals surface area contributed by atoms with Crippen molar-refractivity contribution in [2.24, 2.45) is 0 Å². The predicted molar refractivity (Wildman–Crippen MR) is 141 cm³/mol. The van der Waals surface area contributed by atoms with Gasteiger partial charge in [-0.2, -0.15) is 0 Å². The maximum atomic E-state index is 11.8. The Balaban J connectivity index is 0.000000861. The number of anilines is 1. The molecule has 2 N–H and O–H groups in total. The van der Waals surface area contributed by atoms with Gasteiger partial charge in [0.25, 0.3) is 0 Å². The van der Waals surface area contributed by atoms with Crippen LogP contribution >= 0.6 is 0 Å². The molecule has 1 aromatic carbocycles. The van der Waals surface area contributed by atoms with E-state index in [1.54, 1.807) is 6.92 Å². The van der Waals surface area contributed by atoms with Crippen LogP contribution in [0.5, 0.6) is 0 Å². The van der Waals surface area contributed by atoms with Gasteiger partial charge in [0.2, 0.25) is 5.95 Å². The summed E-state index contributed by atoms with van der Waals surface area (Å²) in [6.45, 7) is 10.3. The number of ether oxygens (including phenoxy) is 2. The number of benzene rings is 1. The Labute approximate surface area is 215 Å². The molecule has 0 amide bonds. The third-order valence-corrected chi connectivity index (χ3v) is 7.32. The highest BCUT2D eigenvalue weighted by Crippen LogP contribution is 2.44. The fourth-order valence-electron chi connectivity index (χ4n) is 5.05. The van der Waals surface area contributed by atoms with Gasteiger partial charge in [-0.1, -0.05) is 38.1 Å². The Hall–Kier alpha value is -2.55. The van der Waals surface area contributed by atoms with Crippen LogP contribution in [0.15, 0.2) is 36.7 Å². The van der Waals surface area contributed by atoms with E-state index in [9.17, 15) is 4.79 Å². The molecular formula is C28H42N4O4. The molecule has 3 heterocycles. The normalized spacial score (nSPS) is 19.4. The molecule has 0 bridgehead atoms. The lowest BCUT2D eigenvalue weighted by Crippen LogP contribution is -2.51. The Morgan fingerprint density at radius 1 is 1.11 bits per heavy atom. The van der Waals surface area contributed by atoms with Gasteiger partial charge in [-0.25, -0.2) is 14.8 Å². The van der Waals surface area contributed by atoms with Crippen LogP contribution in [0.25, 0.3) is 0 Å². The molecule has 8 nitrogen and oxygen atoms in total. The molecule has 2 aliphatic heterocycles. The maximum Gasteiger partial charge on any atom is 0.341 e. The fourth-order valence-corrected chi connectivity index (χ4v) is 5.05. The standard InChI is InChI=1S/C25H32N4O3.C2H6.CH4O/c1-2-32-23(30)20-14-26-24(27-15-20)28-25(10-3-11-25)21-6-4-18(5-7-21)19-8-12-29(13-9-19)22-16-31-17-22;2*1-2/h4-7,14-15,19,22H,2-3,8-13,16-17H2,1H3,(H,26,27,28);1-2H3;2H,1H3. The smallest absolute Gasteiger partial charge is 0.341 e. The van der Waals surface area contributed by atoms with Crippen LogP contribution < -0.4 is 5.32 Å². The molecule has 2 saturated heterocycles. The molecule has 36 heavy (non-hydrogen) atoms. The molecule has 198 valence electrons. The van der Waals surface area contributed by atoms with Crippen molar-refractivity contribution in [1.82, 2.24) is 14.9 Å². The highest BCUT2D eigenvalue weighted by atomic mass is 16.5. The van der Waals surface area contributed by atoms with Crippen LogP contribution in [-0.4, -0.2) is 72.0 Å². The number of nitrogens with one attached hydrogen (secondary N) is 1. The van der Waals surface area contributed by atoms with E-state index in [1.807, 2.05) is 13.8 Å². The number of hydrogen-bond acceptors (Lipinski definition) is 8. The van der Waals surface area contributed by atoms with Crippen LogP contribution in [0.1, 0.15) is 80.3 Å². The molecule has 2 aromatic rings. The van der Waals surface area contributed by atoms with E-state index in [2.05, 4.69) is 44.5 Å². The fraction of sp³-hybridized carbons (Fsp3) is 0.607. The van der Waals surface area contributed by atoms with Gasteiger partial charge in [0.1, 0.15) is 0 Å². The van der Waals surface area contributed by atoms with Crippen molar-refractivity contribution < 1.29 is 19.4 Å². The van der Waals surface area contributed by atoms with E-state index < -0.39 is 0 Å². The average molecular weight is 499 g/mol. The van der Waals surface area contributed by atoms with Gasteiger partial charge < -0.3 is 19.9 Å². The molecule has 8 heteroatoms. The molecule has 3 aliphatic rings. The van der Waals surface area contributed by atoms with E-state index in [-0.39, 0.29) is 11.5 Å². The largest absolute Gasteiger partial charge is 0.462 e. The minimum atomic E-state index is -0.389. The van der Waals surface area contributed by atoms with Crippen molar-refractivity contribution in [1.29, 1.82) is 0 Å². The summed E-state index contributed by atoms with van der Waals surface area (Å²) in [6, 6.07) is 9.83. The highest BCUT2D eigenvalue weighted by Gasteiger charge is 2.39. The average Bonchev–Trinajstić information content (AvgIpc) is 2.89. The molecular weight excluding hydrogens is 456 g/mol. The molecule has 1 aromatic heterocycles. The summed E-state index contributed by atoms with van der Waals surface area (Å²) in [5.74, 6) is 0.805. The number of carbonyl (C=O) groups is 1. The summed E-state index contributed by atoms with van der Waals surface area (Å²) in [4.78, 5) is 23.1. The second-order valence-electron chi connectivity index (χ2n) is 9.20. The van der Waals surface area contributed by atoms with Gasteiger partial charge in [-0.15, -0.1) is 0 Å². The Morgan fingerprint density at radius 3 is 2.19 bits per heavy atom. The van der Waals surface area contributed by atoms with Gasteiger partial charge >= 0.3 is 5.97 Å². The van der Waals surface area contributed by atoms with Gasteiger partial charge in [0.15, 0.2) is 0 Å². The molecule has 3 fully saturated rings. The summed E-state index contributed by atoms with van der Waals surface area (Å²) in [5.41, 5.74) is 2.98. The number of aromatic nitrogens is 2. The number of hydrogen-bond donors (Lipinski definition) is 2. The van der Waals surface area contributed by atoms with Crippen LogP contribution in [0.4, 0.5) is 5.95 Å². The van der Waals surface area contributed by atoms with Gasteiger partial charge in [-0.3, -0.25) is 4.90 Å². The SMILES string of the molecule is CC.CCOC(=O)c1cnc(NC2(c3ccc(C4CCN(C5COC5)CC4)cc3)CCC2)nc1.CO. The first-order valence-electron chi connectivity index (χ1n) is 13.3. The summed E-state index contributed by atoms with van der Waals surface area (Å²) in [6.07, 6.45) is 8.79. The number of piperidine rings is 1. The third-order valence-electron chi connectivity index (χ3n) is 7.32. The lowest BCUT2D eigenvalue weighted by molar-refractivity contribution is -0.0712. The molecule has 1 aliphatic carbocycles. The topological polar surface area (TPSA) is 96.8 Å². The lowest BCUT2D eigenvalue weighted by Gasteiger charge is -2.43.